The zero-order valence-corrected chi connectivity index (χ0v) is 10.8. The van der Waals surface area contributed by atoms with Gasteiger partial charge in [-0.15, -0.1) is 0 Å². The number of hydrogen-bond acceptors (Lipinski definition) is 4. The highest BCUT2D eigenvalue weighted by atomic mass is 16.5. The number of carbonyl (C=O) groups excluding carboxylic acids is 2. The molecule has 2 aromatic carbocycles. The first kappa shape index (κ1) is 14.2. The third-order valence-electron chi connectivity index (χ3n) is 2.78. The Morgan fingerprint density at radius 1 is 0.905 bits per heavy atom. The van der Waals surface area contributed by atoms with Gasteiger partial charge in [0.05, 0.1) is 11.6 Å². The van der Waals surface area contributed by atoms with Crippen LogP contribution < -0.4 is 10.8 Å². The van der Waals surface area contributed by atoms with E-state index >= 15 is 0 Å². The largest absolute Gasteiger partial charge is 0.322 e. The molecule has 21 heavy (non-hydrogen) atoms. The Labute approximate surface area is 120 Å². The van der Waals surface area contributed by atoms with Gasteiger partial charge in [-0.2, -0.15) is 5.26 Å². The van der Waals surface area contributed by atoms with E-state index < -0.39 is 5.91 Å². The molecule has 0 radical (unpaired) electrons. The van der Waals surface area contributed by atoms with E-state index in [4.69, 9.17) is 10.5 Å². The highest BCUT2D eigenvalue weighted by molar-refractivity contribution is 6.04. The van der Waals surface area contributed by atoms with E-state index in [9.17, 15) is 9.59 Å². The first-order chi connectivity index (χ1) is 10.1. The molecular weight excluding hydrogens is 270 g/mol. The lowest BCUT2D eigenvalue weighted by molar-refractivity contribution is 0.0706. The number of nitrogens with one attached hydrogen (secondary N) is 2. The van der Waals surface area contributed by atoms with E-state index in [2.05, 4.69) is 5.32 Å². The third-order valence-corrected chi connectivity index (χ3v) is 2.78. The average Bonchev–Trinajstić information content (AvgIpc) is 2.55. The normalized spacial score (nSPS) is 9.52. The van der Waals surface area contributed by atoms with Crippen molar-refractivity contribution in [1.29, 1.82) is 5.26 Å². The molecule has 0 aromatic heterocycles. The Kier molecular flexibility index (Phi) is 4.29. The Hall–Kier alpha value is -3.17. The fourth-order valence-corrected chi connectivity index (χ4v) is 1.67. The van der Waals surface area contributed by atoms with Gasteiger partial charge in [-0.3, -0.25) is 14.8 Å². The predicted molar refractivity (Wildman–Crippen MR) is 74.8 cm³/mol. The van der Waals surface area contributed by atoms with Crippen LogP contribution in [0, 0.1) is 11.3 Å². The molecule has 3 N–H and O–H groups in total. The zero-order valence-electron chi connectivity index (χ0n) is 10.8. The first-order valence-electron chi connectivity index (χ1n) is 6.00. The minimum atomic E-state index is -0.625. The lowest BCUT2D eigenvalue weighted by Crippen LogP contribution is -2.18. The summed E-state index contributed by atoms with van der Waals surface area (Å²) >= 11 is 0. The highest BCUT2D eigenvalue weighted by Crippen LogP contribution is 2.12. The van der Waals surface area contributed by atoms with E-state index in [1.165, 1.54) is 17.6 Å². The van der Waals surface area contributed by atoms with Gasteiger partial charge in [-0.05, 0) is 48.5 Å². The molecule has 0 heterocycles. The van der Waals surface area contributed by atoms with Gasteiger partial charge in [0.2, 0.25) is 0 Å². The summed E-state index contributed by atoms with van der Waals surface area (Å²) in [7, 11) is 0. The number of nitriles is 1. The highest BCUT2D eigenvalue weighted by Gasteiger charge is 2.07. The molecule has 2 rings (SSSR count). The standard InChI is InChI=1S/C15H11N3O3/c16-9-10-1-3-11(4-2-10)14(19)17-13-7-5-12(6-8-13)15(20)18-21/h1-8,21H,(H,17,19)(H,18,20). The molecule has 0 atom stereocenters. The molecule has 0 fully saturated rings. The molecule has 2 amide bonds. The Balaban J connectivity index is 2.08. The molecular formula is C15H11N3O3. The van der Waals surface area contributed by atoms with Gasteiger partial charge >= 0.3 is 0 Å². The van der Waals surface area contributed by atoms with Crippen molar-refractivity contribution < 1.29 is 14.8 Å². The minimum absolute atomic E-state index is 0.272. The fraction of sp³-hybridized carbons (Fsp3) is 0. The zero-order chi connectivity index (χ0) is 15.2. The van der Waals surface area contributed by atoms with E-state index in [-0.39, 0.29) is 11.5 Å². The summed E-state index contributed by atoms with van der Waals surface area (Å²) in [5.74, 6) is -0.946. The second-order valence-corrected chi connectivity index (χ2v) is 4.16. The van der Waals surface area contributed by atoms with Gasteiger partial charge in [0.15, 0.2) is 0 Å². The summed E-state index contributed by atoms with van der Waals surface area (Å²) in [5, 5.41) is 19.9. The third kappa shape index (κ3) is 3.43. The number of hydrogen-bond donors (Lipinski definition) is 3. The summed E-state index contributed by atoms with van der Waals surface area (Å²) in [6.07, 6.45) is 0. The molecule has 0 aliphatic carbocycles. The second kappa shape index (κ2) is 6.32. The number of benzene rings is 2. The van der Waals surface area contributed by atoms with Crippen LogP contribution in [0.2, 0.25) is 0 Å². The van der Waals surface area contributed by atoms with Crippen molar-refractivity contribution in [1.82, 2.24) is 5.48 Å². The van der Waals surface area contributed by atoms with Crippen molar-refractivity contribution in [3.63, 3.8) is 0 Å². The molecule has 0 unspecified atom stereocenters. The van der Waals surface area contributed by atoms with E-state index in [0.717, 1.165) is 0 Å². The van der Waals surface area contributed by atoms with E-state index in [0.29, 0.717) is 16.8 Å². The number of nitrogens with zero attached hydrogens (tertiary/aromatic N) is 1. The van der Waals surface area contributed by atoms with Gasteiger partial charge in [0, 0.05) is 16.8 Å². The summed E-state index contributed by atoms with van der Waals surface area (Å²) in [4.78, 5) is 23.1. The van der Waals surface area contributed by atoms with Crippen LogP contribution in [0.25, 0.3) is 0 Å². The molecule has 0 aliphatic rings. The molecule has 0 bridgehead atoms. The predicted octanol–water partition coefficient (Wildman–Crippen LogP) is 1.93. The maximum atomic E-state index is 12.0. The molecule has 0 spiro atoms. The van der Waals surface area contributed by atoms with Crippen LogP contribution >= 0.6 is 0 Å². The lowest BCUT2D eigenvalue weighted by Gasteiger charge is -2.06. The van der Waals surface area contributed by atoms with Crippen LogP contribution in [0.15, 0.2) is 48.5 Å². The van der Waals surface area contributed by atoms with Crippen LogP contribution in [0.4, 0.5) is 5.69 Å². The molecule has 0 aliphatic heterocycles. The van der Waals surface area contributed by atoms with Gasteiger partial charge in [-0.25, -0.2) is 5.48 Å². The molecule has 6 heteroatoms. The van der Waals surface area contributed by atoms with Crippen molar-refractivity contribution in [3.8, 4) is 6.07 Å². The topological polar surface area (TPSA) is 102 Å². The molecule has 2 aromatic rings. The molecule has 104 valence electrons. The summed E-state index contributed by atoms with van der Waals surface area (Å²) in [5.41, 5.74) is 3.21. The number of hydroxylamine groups is 1. The van der Waals surface area contributed by atoms with Crippen LogP contribution in [0.1, 0.15) is 26.3 Å². The smallest absolute Gasteiger partial charge is 0.274 e. The Bertz CT molecular complexity index is 700. The molecule has 0 saturated heterocycles. The first-order valence-corrected chi connectivity index (χ1v) is 6.00. The summed E-state index contributed by atoms with van der Waals surface area (Å²) in [6, 6.07) is 14.2. The average molecular weight is 281 g/mol. The minimum Gasteiger partial charge on any atom is -0.322 e. The van der Waals surface area contributed by atoms with Crippen molar-refractivity contribution >= 4 is 17.5 Å². The van der Waals surface area contributed by atoms with Crippen LogP contribution in [-0.4, -0.2) is 17.0 Å². The summed E-state index contributed by atoms with van der Waals surface area (Å²) < 4.78 is 0. The maximum absolute atomic E-state index is 12.0. The molecule has 0 saturated carbocycles. The van der Waals surface area contributed by atoms with E-state index in [1.54, 1.807) is 36.4 Å². The van der Waals surface area contributed by atoms with Crippen molar-refractivity contribution in [2.45, 2.75) is 0 Å². The lowest BCUT2D eigenvalue weighted by atomic mass is 10.1. The Morgan fingerprint density at radius 2 is 1.43 bits per heavy atom. The Morgan fingerprint density at radius 3 is 1.95 bits per heavy atom. The quantitative estimate of drug-likeness (QED) is 0.591. The SMILES string of the molecule is N#Cc1ccc(C(=O)Nc2ccc(C(=O)NO)cc2)cc1. The summed E-state index contributed by atoms with van der Waals surface area (Å²) in [6.45, 7) is 0. The maximum Gasteiger partial charge on any atom is 0.274 e. The monoisotopic (exact) mass is 281 g/mol. The second-order valence-electron chi connectivity index (χ2n) is 4.16. The number of amides is 2. The van der Waals surface area contributed by atoms with Gasteiger partial charge in [0.25, 0.3) is 11.8 Å². The van der Waals surface area contributed by atoms with Crippen molar-refractivity contribution in [2.75, 3.05) is 5.32 Å². The van der Waals surface area contributed by atoms with Crippen molar-refractivity contribution in [2.24, 2.45) is 0 Å². The number of anilines is 1. The van der Waals surface area contributed by atoms with Gasteiger partial charge in [0.1, 0.15) is 0 Å². The van der Waals surface area contributed by atoms with Crippen LogP contribution in [0.5, 0.6) is 0 Å². The number of carbonyl (C=O) groups is 2. The van der Waals surface area contributed by atoms with Crippen molar-refractivity contribution in [3.05, 3.63) is 65.2 Å². The van der Waals surface area contributed by atoms with E-state index in [1.807, 2.05) is 6.07 Å². The number of rotatable bonds is 3. The molecule has 6 nitrogen and oxygen atoms in total. The van der Waals surface area contributed by atoms with Crippen LogP contribution in [-0.2, 0) is 0 Å². The van der Waals surface area contributed by atoms with Gasteiger partial charge in [-0.1, -0.05) is 0 Å². The van der Waals surface area contributed by atoms with Crippen LogP contribution in [0.3, 0.4) is 0 Å². The van der Waals surface area contributed by atoms with Gasteiger partial charge < -0.3 is 5.32 Å². The fourth-order valence-electron chi connectivity index (χ4n) is 1.67.